The van der Waals surface area contributed by atoms with Gasteiger partial charge in [0.05, 0.1) is 11.5 Å². The fourth-order valence-corrected chi connectivity index (χ4v) is 4.66. The van der Waals surface area contributed by atoms with Gasteiger partial charge in [0.2, 0.25) is 0 Å². The van der Waals surface area contributed by atoms with Crippen molar-refractivity contribution in [2.75, 3.05) is 11.5 Å². The lowest BCUT2D eigenvalue weighted by Crippen LogP contribution is -2.12. The summed E-state index contributed by atoms with van der Waals surface area (Å²) in [4.78, 5) is 11.9. The molecule has 1 aromatic carbocycles. The molecule has 1 unspecified atom stereocenters. The molecule has 0 radical (unpaired) electrons. The number of sulfone groups is 1. The van der Waals surface area contributed by atoms with Gasteiger partial charge in [-0.05, 0) is 30.0 Å². The molecule has 2 rings (SSSR count). The van der Waals surface area contributed by atoms with E-state index in [2.05, 4.69) is 15.9 Å². The first-order valence-corrected chi connectivity index (χ1v) is 8.63. The van der Waals surface area contributed by atoms with Crippen molar-refractivity contribution in [2.24, 2.45) is 5.92 Å². The molecule has 0 aliphatic carbocycles. The molecule has 1 atom stereocenters. The second kappa shape index (κ2) is 5.71. The molecule has 1 aliphatic rings. The molecule has 0 saturated carbocycles. The minimum absolute atomic E-state index is 0.00518. The van der Waals surface area contributed by atoms with Crippen molar-refractivity contribution in [1.82, 2.24) is 0 Å². The lowest BCUT2D eigenvalue weighted by molar-refractivity contribution is -0.119. The number of halogens is 2. The topological polar surface area (TPSA) is 51.2 Å². The first-order valence-electron chi connectivity index (χ1n) is 6.02. The maximum atomic E-state index is 12.9. The van der Waals surface area contributed by atoms with Crippen LogP contribution in [0.25, 0.3) is 0 Å². The molecular formula is C13H14BrFO3S. The highest BCUT2D eigenvalue weighted by molar-refractivity contribution is 9.10. The molecule has 1 aliphatic heterocycles. The third-order valence-corrected chi connectivity index (χ3v) is 5.82. The molecule has 1 saturated heterocycles. The van der Waals surface area contributed by atoms with Crippen LogP contribution < -0.4 is 0 Å². The van der Waals surface area contributed by atoms with E-state index in [1.165, 1.54) is 12.1 Å². The van der Waals surface area contributed by atoms with E-state index in [0.717, 1.165) is 5.56 Å². The van der Waals surface area contributed by atoms with Crippen LogP contribution in [-0.2, 0) is 21.1 Å². The summed E-state index contributed by atoms with van der Waals surface area (Å²) in [6.07, 6.45) is 1.05. The van der Waals surface area contributed by atoms with E-state index < -0.39 is 9.84 Å². The standard InChI is InChI=1S/C13H14BrFO3S/c14-13-7-11(15)2-1-10(13)6-12(16)5-9-3-4-19(17,18)8-9/h1-2,7,9H,3-6,8H2. The normalized spacial score (nSPS) is 21.5. The van der Waals surface area contributed by atoms with Crippen LogP contribution in [0.1, 0.15) is 18.4 Å². The number of ketones is 1. The third-order valence-electron chi connectivity index (χ3n) is 3.25. The highest BCUT2D eigenvalue weighted by Crippen LogP contribution is 2.24. The average Bonchev–Trinajstić information content (AvgIpc) is 2.62. The predicted octanol–water partition coefficient (Wildman–Crippen LogP) is 2.52. The van der Waals surface area contributed by atoms with Gasteiger partial charge in [0.15, 0.2) is 9.84 Å². The third kappa shape index (κ3) is 4.11. The molecule has 1 aromatic rings. The Labute approximate surface area is 120 Å². The summed E-state index contributed by atoms with van der Waals surface area (Å²) in [6.45, 7) is 0. The first-order chi connectivity index (χ1) is 8.85. The average molecular weight is 349 g/mol. The highest BCUT2D eigenvalue weighted by atomic mass is 79.9. The Morgan fingerprint density at radius 1 is 1.42 bits per heavy atom. The van der Waals surface area contributed by atoms with Gasteiger partial charge in [0.1, 0.15) is 11.6 Å². The molecule has 0 bridgehead atoms. The maximum absolute atomic E-state index is 12.9. The van der Waals surface area contributed by atoms with Crippen LogP contribution in [0, 0.1) is 11.7 Å². The fraction of sp³-hybridized carbons (Fsp3) is 0.462. The SMILES string of the molecule is O=C(Cc1ccc(F)cc1Br)CC1CCS(=O)(=O)C1. The Kier molecular flexibility index (Phi) is 4.40. The smallest absolute Gasteiger partial charge is 0.150 e. The van der Waals surface area contributed by atoms with E-state index >= 15 is 0 Å². The zero-order valence-corrected chi connectivity index (χ0v) is 12.6. The molecule has 1 heterocycles. The van der Waals surface area contributed by atoms with Crippen LogP contribution in [0.2, 0.25) is 0 Å². The second-order valence-electron chi connectivity index (χ2n) is 4.92. The summed E-state index contributed by atoms with van der Waals surface area (Å²) in [6, 6.07) is 4.21. The van der Waals surface area contributed by atoms with Crippen molar-refractivity contribution < 1.29 is 17.6 Å². The lowest BCUT2D eigenvalue weighted by atomic mass is 9.98. The molecule has 0 spiro atoms. The number of carbonyl (C=O) groups is 1. The van der Waals surface area contributed by atoms with Crippen LogP contribution in [-0.4, -0.2) is 25.7 Å². The Balaban J connectivity index is 1.95. The Morgan fingerprint density at radius 2 is 2.16 bits per heavy atom. The van der Waals surface area contributed by atoms with Crippen LogP contribution >= 0.6 is 15.9 Å². The van der Waals surface area contributed by atoms with Crippen molar-refractivity contribution in [1.29, 1.82) is 0 Å². The van der Waals surface area contributed by atoms with E-state index in [9.17, 15) is 17.6 Å². The predicted molar refractivity (Wildman–Crippen MR) is 74.2 cm³/mol. The summed E-state index contributed by atoms with van der Waals surface area (Å²) < 4.78 is 36.1. The molecule has 0 N–H and O–H groups in total. The largest absolute Gasteiger partial charge is 0.299 e. The number of hydrogen-bond acceptors (Lipinski definition) is 3. The van der Waals surface area contributed by atoms with Gasteiger partial charge in [-0.15, -0.1) is 0 Å². The maximum Gasteiger partial charge on any atom is 0.150 e. The number of Topliss-reactive ketones (excluding diaryl/α,β-unsaturated/α-hetero) is 1. The van der Waals surface area contributed by atoms with Crippen molar-refractivity contribution in [3.8, 4) is 0 Å². The van der Waals surface area contributed by atoms with Crippen LogP contribution in [0.5, 0.6) is 0 Å². The Morgan fingerprint density at radius 3 is 2.74 bits per heavy atom. The van der Waals surface area contributed by atoms with Gasteiger partial charge in [-0.2, -0.15) is 0 Å². The minimum Gasteiger partial charge on any atom is -0.299 e. The molecule has 0 aromatic heterocycles. The fourth-order valence-electron chi connectivity index (χ4n) is 2.30. The van der Waals surface area contributed by atoms with E-state index in [4.69, 9.17) is 0 Å². The monoisotopic (exact) mass is 348 g/mol. The van der Waals surface area contributed by atoms with E-state index in [-0.39, 0.29) is 41.9 Å². The summed E-state index contributed by atoms with van der Waals surface area (Å²) >= 11 is 3.22. The molecule has 19 heavy (non-hydrogen) atoms. The summed E-state index contributed by atoms with van der Waals surface area (Å²) in [5, 5.41) is 0. The van der Waals surface area contributed by atoms with E-state index in [1.807, 2.05) is 0 Å². The number of hydrogen-bond donors (Lipinski definition) is 0. The highest BCUT2D eigenvalue weighted by Gasteiger charge is 2.29. The Bertz CT molecular complexity index is 598. The molecule has 0 amide bonds. The summed E-state index contributed by atoms with van der Waals surface area (Å²) in [7, 11) is -2.94. The van der Waals surface area contributed by atoms with Crippen molar-refractivity contribution in [2.45, 2.75) is 19.3 Å². The van der Waals surface area contributed by atoms with E-state index in [1.54, 1.807) is 6.07 Å². The molecule has 6 heteroatoms. The molecule has 1 fully saturated rings. The van der Waals surface area contributed by atoms with E-state index in [0.29, 0.717) is 10.9 Å². The molecular weight excluding hydrogens is 335 g/mol. The molecule has 104 valence electrons. The second-order valence-corrected chi connectivity index (χ2v) is 8.01. The van der Waals surface area contributed by atoms with Gasteiger partial charge in [-0.1, -0.05) is 22.0 Å². The van der Waals surface area contributed by atoms with Crippen molar-refractivity contribution in [3.05, 3.63) is 34.1 Å². The summed E-state index contributed by atoms with van der Waals surface area (Å²) in [5.74, 6) is -0.120. The Hall–Kier alpha value is -0.750. The van der Waals surface area contributed by atoms with Gasteiger partial charge in [-0.3, -0.25) is 4.79 Å². The van der Waals surface area contributed by atoms with Crippen molar-refractivity contribution in [3.63, 3.8) is 0 Å². The van der Waals surface area contributed by atoms with Crippen molar-refractivity contribution >= 4 is 31.6 Å². The van der Waals surface area contributed by atoms with Crippen LogP contribution in [0.15, 0.2) is 22.7 Å². The number of carbonyl (C=O) groups excluding carboxylic acids is 1. The minimum atomic E-state index is -2.94. The van der Waals surface area contributed by atoms with Gasteiger partial charge in [-0.25, -0.2) is 12.8 Å². The number of benzene rings is 1. The van der Waals surface area contributed by atoms with Crippen LogP contribution in [0.4, 0.5) is 4.39 Å². The lowest BCUT2D eigenvalue weighted by Gasteiger charge is -2.08. The van der Waals surface area contributed by atoms with Gasteiger partial charge in [0, 0.05) is 17.3 Å². The van der Waals surface area contributed by atoms with Gasteiger partial charge in [0.25, 0.3) is 0 Å². The zero-order valence-electron chi connectivity index (χ0n) is 10.2. The first kappa shape index (κ1) is 14.7. The quantitative estimate of drug-likeness (QED) is 0.839. The zero-order chi connectivity index (χ0) is 14.0. The number of rotatable bonds is 4. The van der Waals surface area contributed by atoms with Crippen LogP contribution in [0.3, 0.4) is 0 Å². The van der Waals surface area contributed by atoms with Gasteiger partial charge < -0.3 is 0 Å². The summed E-state index contributed by atoms with van der Waals surface area (Å²) in [5.41, 5.74) is 0.729. The van der Waals surface area contributed by atoms with Gasteiger partial charge >= 0.3 is 0 Å². The molecule has 3 nitrogen and oxygen atoms in total.